The quantitative estimate of drug-likeness (QED) is 0.190. The van der Waals surface area contributed by atoms with E-state index < -0.39 is 0 Å². The van der Waals surface area contributed by atoms with Crippen molar-refractivity contribution in [3.8, 4) is 34.0 Å². The molecule has 11 aromatic rings. The van der Waals surface area contributed by atoms with Gasteiger partial charge in [-0.3, -0.25) is 4.98 Å². The Morgan fingerprint density at radius 1 is 0.412 bits per heavy atom. The molecule has 4 aromatic heterocycles. The molecule has 0 atom stereocenters. The van der Waals surface area contributed by atoms with Crippen molar-refractivity contribution in [1.82, 2.24) is 19.1 Å². The third-order valence-corrected chi connectivity index (χ3v) is 10.2. The molecule has 0 saturated heterocycles. The van der Waals surface area contributed by atoms with Crippen LogP contribution in [0.3, 0.4) is 0 Å². The zero-order valence-corrected chi connectivity index (χ0v) is 27.4. The molecule has 7 aromatic carbocycles. The SMILES string of the molecule is c1cnc2c(c1)ccc1oc(-c3cc(-c4ccc(-n5c6ccccc6c6ccccc65)cc4)cc(-n4c5ccccc5c5ccccc54)c3)nc12. The Kier molecular flexibility index (Phi) is 5.89. The lowest BCUT2D eigenvalue weighted by molar-refractivity contribution is 0.620. The first-order chi connectivity index (χ1) is 25.3. The monoisotopic (exact) mass is 652 g/mol. The summed E-state index contributed by atoms with van der Waals surface area (Å²) in [6.07, 6.45) is 1.81. The Labute approximate surface area is 292 Å². The molecular formula is C46H28N4O. The van der Waals surface area contributed by atoms with Crippen LogP contribution >= 0.6 is 0 Å². The first-order valence-corrected chi connectivity index (χ1v) is 17.2. The Morgan fingerprint density at radius 3 is 1.57 bits per heavy atom. The van der Waals surface area contributed by atoms with E-state index in [4.69, 9.17) is 9.40 Å². The summed E-state index contributed by atoms with van der Waals surface area (Å²) >= 11 is 0. The molecule has 51 heavy (non-hydrogen) atoms. The molecule has 0 unspecified atom stereocenters. The predicted octanol–water partition coefficient (Wildman–Crippen LogP) is 11.9. The van der Waals surface area contributed by atoms with E-state index in [0.29, 0.717) is 5.89 Å². The molecule has 238 valence electrons. The first kappa shape index (κ1) is 27.9. The lowest BCUT2D eigenvalue weighted by Crippen LogP contribution is -1.96. The predicted molar refractivity (Wildman–Crippen MR) is 209 cm³/mol. The van der Waals surface area contributed by atoms with E-state index in [-0.39, 0.29) is 0 Å². The number of benzene rings is 7. The molecule has 0 bridgehead atoms. The number of para-hydroxylation sites is 4. The Morgan fingerprint density at radius 2 is 0.961 bits per heavy atom. The number of pyridine rings is 1. The fraction of sp³-hybridized carbons (Fsp3) is 0. The lowest BCUT2D eigenvalue weighted by Gasteiger charge is -2.13. The molecule has 11 rings (SSSR count). The number of fused-ring (bicyclic) bond motifs is 9. The van der Waals surface area contributed by atoms with Crippen LogP contribution in [0, 0.1) is 0 Å². The standard InChI is InChI=1S/C46H28N4O/c1-5-15-39-35(11-1)36-12-2-6-16-40(36)49(39)33-22-19-29(20-23-33)31-26-32(46-48-45-43(51-46)24-21-30-10-9-25-47-44(30)45)28-34(27-31)50-41-17-7-3-13-37(41)38-14-4-8-18-42(38)50/h1-28H. The third kappa shape index (κ3) is 4.22. The van der Waals surface area contributed by atoms with Gasteiger partial charge in [-0.05, 0) is 83.9 Å². The highest BCUT2D eigenvalue weighted by molar-refractivity contribution is 6.10. The highest BCUT2D eigenvalue weighted by Crippen LogP contribution is 2.38. The smallest absolute Gasteiger partial charge is 0.227 e. The second-order valence-electron chi connectivity index (χ2n) is 13.1. The highest BCUT2D eigenvalue weighted by Gasteiger charge is 2.18. The second-order valence-corrected chi connectivity index (χ2v) is 13.1. The molecule has 0 aliphatic carbocycles. The van der Waals surface area contributed by atoms with Gasteiger partial charge in [-0.2, -0.15) is 0 Å². The Bertz CT molecular complexity index is 3040. The summed E-state index contributed by atoms with van der Waals surface area (Å²) in [6.45, 7) is 0. The van der Waals surface area contributed by atoms with Gasteiger partial charge in [0.1, 0.15) is 5.52 Å². The van der Waals surface area contributed by atoms with Gasteiger partial charge in [0.2, 0.25) is 5.89 Å². The minimum atomic E-state index is 0.564. The van der Waals surface area contributed by atoms with Gasteiger partial charge in [0.15, 0.2) is 5.58 Å². The summed E-state index contributed by atoms with van der Waals surface area (Å²) in [4.78, 5) is 9.70. The van der Waals surface area contributed by atoms with Crippen LogP contribution in [0.5, 0.6) is 0 Å². The average Bonchev–Trinajstić information content (AvgIpc) is 3.89. The van der Waals surface area contributed by atoms with Gasteiger partial charge >= 0.3 is 0 Å². The van der Waals surface area contributed by atoms with Crippen molar-refractivity contribution in [2.45, 2.75) is 0 Å². The summed E-state index contributed by atoms with van der Waals surface area (Å²) in [6, 6.07) is 58.0. The molecular weight excluding hydrogens is 625 g/mol. The maximum atomic E-state index is 6.49. The van der Waals surface area contributed by atoms with E-state index in [0.717, 1.165) is 61.1 Å². The fourth-order valence-corrected chi connectivity index (χ4v) is 7.89. The molecule has 0 radical (unpaired) electrons. The Balaban J connectivity index is 1.13. The van der Waals surface area contributed by atoms with Crippen molar-refractivity contribution in [3.63, 3.8) is 0 Å². The van der Waals surface area contributed by atoms with Crippen molar-refractivity contribution in [2.75, 3.05) is 0 Å². The first-order valence-electron chi connectivity index (χ1n) is 17.2. The van der Waals surface area contributed by atoms with Crippen LogP contribution in [0.4, 0.5) is 0 Å². The largest absolute Gasteiger partial charge is 0.436 e. The number of aromatic nitrogens is 4. The average molecular weight is 653 g/mol. The molecule has 0 N–H and O–H groups in total. The number of rotatable bonds is 4. The normalized spacial score (nSPS) is 11.9. The zero-order valence-electron chi connectivity index (χ0n) is 27.4. The van der Waals surface area contributed by atoms with Gasteiger partial charge in [-0.15, -0.1) is 0 Å². The molecule has 0 aliphatic heterocycles. The minimum absolute atomic E-state index is 0.564. The molecule has 0 spiro atoms. The van der Waals surface area contributed by atoms with Crippen LogP contribution in [0.15, 0.2) is 174 Å². The lowest BCUT2D eigenvalue weighted by atomic mass is 10.0. The Hall–Kier alpha value is -6.98. The van der Waals surface area contributed by atoms with E-state index in [1.807, 2.05) is 18.2 Å². The van der Waals surface area contributed by atoms with E-state index in [1.54, 1.807) is 6.20 Å². The summed E-state index contributed by atoms with van der Waals surface area (Å²) in [5, 5.41) is 5.97. The van der Waals surface area contributed by atoms with Gasteiger partial charge in [0, 0.05) is 50.1 Å². The maximum Gasteiger partial charge on any atom is 0.227 e. The molecule has 5 nitrogen and oxygen atoms in total. The van der Waals surface area contributed by atoms with Crippen molar-refractivity contribution >= 4 is 65.6 Å². The zero-order chi connectivity index (χ0) is 33.5. The van der Waals surface area contributed by atoms with Crippen LogP contribution in [0.1, 0.15) is 0 Å². The van der Waals surface area contributed by atoms with E-state index in [9.17, 15) is 0 Å². The number of hydrogen-bond donors (Lipinski definition) is 0. The van der Waals surface area contributed by atoms with Crippen molar-refractivity contribution in [2.24, 2.45) is 0 Å². The van der Waals surface area contributed by atoms with Crippen molar-refractivity contribution in [3.05, 3.63) is 170 Å². The van der Waals surface area contributed by atoms with Gasteiger partial charge in [-0.1, -0.05) is 91.0 Å². The fourth-order valence-electron chi connectivity index (χ4n) is 7.89. The van der Waals surface area contributed by atoms with E-state index in [1.165, 1.54) is 32.6 Å². The molecule has 4 heterocycles. The summed E-state index contributed by atoms with van der Waals surface area (Å²) in [7, 11) is 0. The van der Waals surface area contributed by atoms with E-state index in [2.05, 4.69) is 160 Å². The number of nitrogens with zero attached hydrogens (tertiary/aromatic N) is 4. The summed E-state index contributed by atoms with van der Waals surface area (Å²) < 4.78 is 11.2. The van der Waals surface area contributed by atoms with Crippen molar-refractivity contribution < 1.29 is 4.42 Å². The van der Waals surface area contributed by atoms with Crippen LogP contribution in [0.2, 0.25) is 0 Å². The van der Waals surface area contributed by atoms with Crippen LogP contribution in [-0.4, -0.2) is 19.1 Å². The van der Waals surface area contributed by atoms with Gasteiger partial charge < -0.3 is 13.6 Å². The number of hydrogen-bond acceptors (Lipinski definition) is 3. The summed E-state index contributed by atoms with van der Waals surface area (Å²) in [5.74, 6) is 0.564. The van der Waals surface area contributed by atoms with E-state index >= 15 is 0 Å². The molecule has 0 amide bonds. The van der Waals surface area contributed by atoms with Crippen LogP contribution in [0.25, 0.3) is 99.6 Å². The molecule has 0 fully saturated rings. The topological polar surface area (TPSA) is 48.8 Å². The molecule has 0 aliphatic rings. The van der Waals surface area contributed by atoms with Gasteiger partial charge in [0.05, 0.1) is 27.6 Å². The molecule has 0 saturated carbocycles. The van der Waals surface area contributed by atoms with Gasteiger partial charge in [0.25, 0.3) is 0 Å². The summed E-state index contributed by atoms with van der Waals surface area (Å²) in [5.41, 5.74) is 12.2. The number of oxazole rings is 1. The van der Waals surface area contributed by atoms with Crippen LogP contribution in [-0.2, 0) is 0 Å². The molecule has 5 heteroatoms. The third-order valence-electron chi connectivity index (χ3n) is 10.2. The van der Waals surface area contributed by atoms with Crippen LogP contribution < -0.4 is 0 Å². The maximum absolute atomic E-state index is 6.49. The highest BCUT2D eigenvalue weighted by atomic mass is 16.3. The minimum Gasteiger partial charge on any atom is -0.436 e. The second kappa shape index (κ2) is 10.8. The van der Waals surface area contributed by atoms with Gasteiger partial charge in [-0.25, -0.2) is 4.98 Å². The van der Waals surface area contributed by atoms with Crippen molar-refractivity contribution in [1.29, 1.82) is 0 Å².